The second-order valence-electron chi connectivity index (χ2n) is 4.50. The van der Waals surface area contributed by atoms with Crippen molar-refractivity contribution in [1.82, 2.24) is 0 Å². The third-order valence-electron chi connectivity index (χ3n) is 3.13. The van der Waals surface area contributed by atoms with Crippen LogP contribution in [0.15, 0.2) is 48.5 Å². The van der Waals surface area contributed by atoms with Crippen LogP contribution in [-0.2, 0) is 0 Å². The van der Waals surface area contributed by atoms with Crippen molar-refractivity contribution in [3.8, 4) is 0 Å². The smallest absolute Gasteiger partial charge is 0.0198 e. The van der Waals surface area contributed by atoms with Crippen molar-refractivity contribution in [2.75, 3.05) is 0 Å². The molecule has 100 valence electrons. The number of hydrogen-bond donors (Lipinski definition) is 0. The second kappa shape index (κ2) is 7.58. The first-order chi connectivity index (χ1) is 9.18. The third-order valence-corrected chi connectivity index (χ3v) is 3.13. The van der Waals surface area contributed by atoms with Crippen LogP contribution in [-0.4, -0.2) is 0 Å². The van der Waals surface area contributed by atoms with Crippen molar-refractivity contribution in [2.24, 2.45) is 0 Å². The monoisotopic (exact) mass is 252 g/mol. The maximum Gasteiger partial charge on any atom is -0.0198 e. The van der Waals surface area contributed by atoms with E-state index in [4.69, 9.17) is 0 Å². The highest BCUT2D eigenvalue weighted by Crippen LogP contribution is 2.22. The van der Waals surface area contributed by atoms with Gasteiger partial charge in [-0.3, -0.25) is 0 Å². The van der Waals surface area contributed by atoms with Gasteiger partial charge in [-0.25, -0.2) is 0 Å². The second-order valence-corrected chi connectivity index (χ2v) is 4.50. The fourth-order valence-electron chi connectivity index (χ4n) is 2.08. The summed E-state index contributed by atoms with van der Waals surface area (Å²) in [6, 6.07) is 17.0. The minimum Gasteiger partial charge on any atom is -0.0683 e. The van der Waals surface area contributed by atoms with Crippen molar-refractivity contribution in [2.45, 2.75) is 34.6 Å². The van der Waals surface area contributed by atoms with Crippen LogP contribution in [0.4, 0.5) is 0 Å². The number of hydrogen-bond acceptors (Lipinski definition) is 0. The highest BCUT2D eigenvalue weighted by atomic mass is 14.1. The summed E-state index contributed by atoms with van der Waals surface area (Å²) in [5.41, 5.74) is 6.59. The van der Waals surface area contributed by atoms with Crippen molar-refractivity contribution < 1.29 is 0 Å². The van der Waals surface area contributed by atoms with Gasteiger partial charge in [-0.2, -0.15) is 0 Å². The van der Waals surface area contributed by atoms with Gasteiger partial charge >= 0.3 is 0 Å². The molecule has 0 unspecified atom stereocenters. The Balaban J connectivity index is 0.000000861. The minimum absolute atomic E-state index is 1.30. The zero-order valence-electron chi connectivity index (χ0n) is 12.7. The van der Waals surface area contributed by atoms with Crippen molar-refractivity contribution in [1.29, 1.82) is 0 Å². The van der Waals surface area contributed by atoms with Crippen LogP contribution in [0.1, 0.15) is 43.0 Å². The summed E-state index contributed by atoms with van der Waals surface area (Å²) in [5, 5.41) is 0. The molecule has 2 aromatic rings. The standard InChI is InChI=1S/C17H18.C2H6/c1-13-8-4-6-10-16(13)12-15(3)17-11-7-5-9-14(17)2;1-2/h4-12H,1-3H3;1-2H3/b15-12-;. The van der Waals surface area contributed by atoms with Gasteiger partial charge < -0.3 is 0 Å². The van der Waals surface area contributed by atoms with E-state index in [1.54, 1.807) is 0 Å². The molecule has 0 aliphatic carbocycles. The molecule has 0 heteroatoms. The fraction of sp³-hybridized carbons (Fsp3) is 0.263. The molecular formula is C19H24. The Morgan fingerprint density at radius 1 is 0.789 bits per heavy atom. The SMILES string of the molecule is C/C(=C/c1ccccc1C)c1ccccc1C.CC. The fourth-order valence-corrected chi connectivity index (χ4v) is 2.08. The van der Waals surface area contributed by atoms with Crippen molar-refractivity contribution in [3.63, 3.8) is 0 Å². The Labute approximate surface area is 117 Å². The van der Waals surface area contributed by atoms with E-state index in [9.17, 15) is 0 Å². The van der Waals surface area contributed by atoms with E-state index >= 15 is 0 Å². The van der Waals surface area contributed by atoms with Crippen LogP contribution in [0.3, 0.4) is 0 Å². The van der Waals surface area contributed by atoms with Gasteiger partial charge in [-0.05, 0) is 48.6 Å². The molecule has 0 radical (unpaired) electrons. The van der Waals surface area contributed by atoms with E-state index in [1.165, 1.54) is 27.8 Å². The summed E-state index contributed by atoms with van der Waals surface area (Å²) in [6.07, 6.45) is 2.26. The van der Waals surface area contributed by atoms with Crippen LogP contribution < -0.4 is 0 Å². The van der Waals surface area contributed by atoms with Crippen LogP contribution >= 0.6 is 0 Å². The molecule has 2 aromatic carbocycles. The molecule has 2 rings (SSSR count). The summed E-state index contributed by atoms with van der Waals surface area (Å²) < 4.78 is 0. The van der Waals surface area contributed by atoms with E-state index in [1.807, 2.05) is 13.8 Å². The molecule has 0 saturated carbocycles. The largest absolute Gasteiger partial charge is 0.0683 e. The lowest BCUT2D eigenvalue weighted by atomic mass is 9.98. The molecule has 0 spiro atoms. The van der Waals surface area contributed by atoms with Crippen LogP contribution in [0, 0.1) is 13.8 Å². The van der Waals surface area contributed by atoms with Crippen LogP contribution in [0.25, 0.3) is 11.6 Å². The lowest BCUT2D eigenvalue weighted by Gasteiger charge is -2.07. The number of allylic oxidation sites excluding steroid dienone is 1. The summed E-state index contributed by atoms with van der Waals surface area (Å²) in [5.74, 6) is 0. The molecule has 0 nitrogen and oxygen atoms in total. The lowest BCUT2D eigenvalue weighted by molar-refractivity contribution is 1.40. The summed E-state index contributed by atoms with van der Waals surface area (Å²) in [6.45, 7) is 10.5. The molecule has 0 aromatic heterocycles. The first kappa shape index (κ1) is 15.2. The Morgan fingerprint density at radius 2 is 1.32 bits per heavy atom. The van der Waals surface area contributed by atoms with Crippen LogP contribution in [0.2, 0.25) is 0 Å². The van der Waals surface area contributed by atoms with E-state index in [0.29, 0.717) is 0 Å². The maximum absolute atomic E-state index is 2.26. The average molecular weight is 252 g/mol. The highest BCUT2D eigenvalue weighted by Gasteiger charge is 2.00. The molecule has 0 aliphatic rings. The molecule has 0 fully saturated rings. The zero-order valence-corrected chi connectivity index (χ0v) is 12.7. The highest BCUT2D eigenvalue weighted by molar-refractivity contribution is 5.82. The summed E-state index contributed by atoms with van der Waals surface area (Å²) in [4.78, 5) is 0. The van der Waals surface area contributed by atoms with Gasteiger partial charge in [-0.1, -0.05) is 68.5 Å². The molecular weight excluding hydrogens is 228 g/mol. The molecule has 0 amide bonds. The predicted octanol–water partition coefficient (Wildman–Crippen LogP) is 5.89. The average Bonchev–Trinajstić information content (AvgIpc) is 2.44. The third kappa shape index (κ3) is 4.10. The Hall–Kier alpha value is -1.82. The van der Waals surface area contributed by atoms with Gasteiger partial charge in [0.25, 0.3) is 0 Å². The molecule has 0 N–H and O–H groups in total. The normalized spacial score (nSPS) is 10.7. The van der Waals surface area contributed by atoms with Crippen molar-refractivity contribution >= 4 is 11.6 Å². The van der Waals surface area contributed by atoms with E-state index in [0.717, 1.165) is 0 Å². The maximum atomic E-state index is 2.26. The quantitative estimate of drug-likeness (QED) is 0.584. The van der Waals surface area contributed by atoms with Gasteiger partial charge in [-0.15, -0.1) is 0 Å². The van der Waals surface area contributed by atoms with Gasteiger partial charge in [0.1, 0.15) is 0 Å². The predicted molar refractivity (Wildman–Crippen MR) is 87.3 cm³/mol. The van der Waals surface area contributed by atoms with E-state index in [2.05, 4.69) is 75.4 Å². The Kier molecular flexibility index (Phi) is 6.08. The van der Waals surface area contributed by atoms with Crippen molar-refractivity contribution in [3.05, 3.63) is 70.8 Å². The topological polar surface area (TPSA) is 0 Å². The Bertz CT molecular complexity index is 547. The van der Waals surface area contributed by atoms with Gasteiger partial charge in [0, 0.05) is 0 Å². The molecule has 0 heterocycles. The van der Waals surface area contributed by atoms with Crippen LogP contribution in [0.5, 0.6) is 0 Å². The molecule has 0 bridgehead atoms. The number of benzene rings is 2. The molecule has 0 atom stereocenters. The number of rotatable bonds is 2. The lowest BCUT2D eigenvalue weighted by Crippen LogP contribution is -1.86. The Morgan fingerprint density at radius 3 is 1.89 bits per heavy atom. The van der Waals surface area contributed by atoms with E-state index in [-0.39, 0.29) is 0 Å². The summed E-state index contributed by atoms with van der Waals surface area (Å²) >= 11 is 0. The molecule has 0 saturated heterocycles. The zero-order chi connectivity index (χ0) is 14.3. The summed E-state index contributed by atoms with van der Waals surface area (Å²) in [7, 11) is 0. The van der Waals surface area contributed by atoms with Gasteiger partial charge in [0.2, 0.25) is 0 Å². The first-order valence-electron chi connectivity index (χ1n) is 6.98. The molecule has 19 heavy (non-hydrogen) atoms. The number of aryl methyl sites for hydroxylation is 2. The van der Waals surface area contributed by atoms with Gasteiger partial charge in [0.15, 0.2) is 0 Å². The first-order valence-corrected chi connectivity index (χ1v) is 6.98. The minimum atomic E-state index is 1.30. The molecule has 0 aliphatic heterocycles. The van der Waals surface area contributed by atoms with E-state index < -0.39 is 0 Å². The van der Waals surface area contributed by atoms with Gasteiger partial charge in [0.05, 0.1) is 0 Å².